The van der Waals surface area contributed by atoms with Crippen LogP contribution in [0.5, 0.6) is 0 Å². The van der Waals surface area contributed by atoms with Crippen molar-refractivity contribution in [2.45, 2.75) is 52.4 Å². The lowest BCUT2D eigenvalue weighted by Crippen LogP contribution is -2.16. The summed E-state index contributed by atoms with van der Waals surface area (Å²) in [7, 11) is 0. The molecule has 21 heavy (non-hydrogen) atoms. The van der Waals surface area contributed by atoms with Gasteiger partial charge in [-0.2, -0.15) is 0 Å². The molecule has 1 heterocycles. The van der Waals surface area contributed by atoms with Gasteiger partial charge in [0.05, 0.1) is 5.69 Å². The smallest absolute Gasteiger partial charge is 0.106 e. The normalized spacial score (nSPS) is 12.5. The van der Waals surface area contributed by atoms with Gasteiger partial charge in [-0.15, -0.1) is 0 Å². The molecule has 1 aromatic carbocycles. The van der Waals surface area contributed by atoms with Crippen molar-refractivity contribution < 1.29 is 0 Å². The zero-order valence-corrected chi connectivity index (χ0v) is 15.4. The lowest BCUT2D eigenvalue weighted by Gasteiger charge is -2.26. The lowest BCUT2D eigenvalue weighted by atomic mass is 9.79. The standard InChI is InChI=1S/C19H24BrN/c1-18(2,3)14-10-13(11-15(12-14)19(4,5)6)16-8-7-9-17(20)21-16/h7-12H,1-6H3. The second-order valence-corrected chi connectivity index (χ2v) is 8.46. The molecular weight excluding hydrogens is 322 g/mol. The zero-order valence-electron chi connectivity index (χ0n) is 13.8. The summed E-state index contributed by atoms with van der Waals surface area (Å²) in [5, 5.41) is 0. The maximum Gasteiger partial charge on any atom is 0.106 e. The first-order valence-corrected chi connectivity index (χ1v) is 8.16. The van der Waals surface area contributed by atoms with Gasteiger partial charge in [0.2, 0.25) is 0 Å². The Morgan fingerprint density at radius 2 is 1.33 bits per heavy atom. The molecule has 1 nitrogen and oxygen atoms in total. The summed E-state index contributed by atoms with van der Waals surface area (Å²) in [4.78, 5) is 4.61. The van der Waals surface area contributed by atoms with E-state index < -0.39 is 0 Å². The van der Waals surface area contributed by atoms with Gasteiger partial charge in [-0.05, 0) is 62.2 Å². The average Bonchev–Trinajstić information content (AvgIpc) is 2.36. The minimum atomic E-state index is 0.127. The number of rotatable bonds is 1. The summed E-state index contributed by atoms with van der Waals surface area (Å²) in [5.74, 6) is 0. The van der Waals surface area contributed by atoms with Crippen LogP contribution in [0.15, 0.2) is 41.0 Å². The molecule has 0 bridgehead atoms. The number of nitrogens with zero attached hydrogens (tertiary/aromatic N) is 1. The third-order valence-corrected chi connectivity index (χ3v) is 4.12. The first-order valence-electron chi connectivity index (χ1n) is 7.36. The largest absolute Gasteiger partial charge is 0.241 e. The van der Waals surface area contributed by atoms with Crippen LogP contribution in [-0.4, -0.2) is 4.98 Å². The SMILES string of the molecule is CC(C)(C)c1cc(-c2cccc(Br)n2)cc(C(C)(C)C)c1. The summed E-state index contributed by atoms with van der Waals surface area (Å²) in [6.07, 6.45) is 0. The predicted molar refractivity (Wildman–Crippen MR) is 94.8 cm³/mol. The van der Waals surface area contributed by atoms with Gasteiger partial charge in [0.25, 0.3) is 0 Å². The van der Waals surface area contributed by atoms with Crippen molar-refractivity contribution in [1.82, 2.24) is 4.98 Å². The molecular formula is C19H24BrN. The molecule has 0 unspecified atom stereocenters. The molecule has 1 aromatic heterocycles. The summed E-state index contributed by atoms with van der Waals surface area (Å²) in [5.41, 5.74) is 5.16. The maximum absolute atomic E-state index is 4.61. The van der Waals surface area contributed by atoms with E-state index in [1.165, 1.54) is 16.7 Å². The molecule has 112 valence electrons. The number of halogens is 1. The molecule has 0 atom stereocenters. The highest BCUT2D eigenvalue weighted by Gasteiger charge is 2.21. The Balaban J connectivity index is 2.66. The molecule has 0 saturated carbocycles. The third-order valence-electron chi connectivity index (χ3n) is 3.68. The zero-order chi connectivity index (χ0) is 15.8. The predicted octanol–water partition coefficient (Wildman–Crippen LogP) is 6.11. The molecule has 0 radical (unpaired) electrons. The number of pyridine rings is 1. The highest BCUT2D eigenvalue weighted by Crippen LogP contribution is 2.33. The van der Waals surface area contributed by atoms with E-state index in [1.54, 1.807) is 0 Å². The Hall–Kier alpha value is -1.15. The van der Waals surface area contributed by atoms with Crippen molar-refractivity contribution >= 4 is 15.9 Å². The topological polar surface area (TPSA) is 12.9 Å². The van der Waals surface area contributed by atoms with Crippen LogP contribution in [0.3, 0.4) is 0 Å². The van der Waals surface area contributed by atoms with Crippen molar-refractivity contribution in [3.05, 3.63) is 52.1 Å². The number of aromatic nitrogens is 1. The molecule has 2 heteroatoms. The first kappa shape index (κ1) is 16.2. The number of hydrogen-bond acceptors (Lipinski definition) is 1. The summed E-state index contributed by atoms with van der Waals surface area (Å²) in [6, 6.07) is 12.9. The molecule has 0 aliphatic heterocycles. The highest BCUT2D eigenvalue weighted by atomic mass is 79.9. The minimum Gasteiger partial charge on any atom is -0.241 e. The van der Waals surface area contributed by atoms with Crippen LogP contribution in [0.4, 0.5) is 0 Å². The van der Waals surface area contributed by atoms with Crippen LogP contribution in [0.2, 0.25) is 0 Å². The third kappa shape index (κ3) is 3.94. The second-order valence-electron chi connectivity index (χ2n) is 7.64. The van der Waals surface area contributed by atoms with Crippen LogP contribution >= 0.6 is 15.9 Å². The van der Waals surface area contributed by atoms with Gasteiger partial charge in [-0.3, -0.25) is 0 Å². The fourth-order valence-electron chi connectivity index (χ4n) is 2.21. The van der Waals surface area contributed by atoms with Crippen molar-refractivity contribution in [1.29, 1.82) is 0 Å². The van der Waals surface area contributed by atoms with E-state index in [0.717, 1.165) is 10.3 Å². The van der Waals surface area contributed by atoms with E-state index in [2.05, 4.69) is 86.7 Å². The Bertz CT molecular complexity index is 613. The van der Waals surface area contributed by atoms with E-state index in [0.29, 0.717) is 0 Å². The summed E-state index contributed by atoms with van der Waals surface area (Å²) >= 11 is 3.46. The Labute approximate surface area is 136 Å². The van der Waals surface area contributed by atoms with Gasteiger partial charge in [-0.1, -0.05) is 53.7 Å². The second kappa shape index (κ2) is 5.57. The summed E-state index contributed by atoms with van der Waals surface area (Å²) in [6.45, 7) is 13.5. The molecule has 0 saturated heterocycles. The molecule has 0 aliphatic rings. The van der Waals surface area contributed by atoms with E-state index >= 15 is 0 Å². The Morgan fingerprint density at radius 3 is 1.76 bits per heavy atom. The highest BCUT2D eigenvalue weighted by molar-refractivity contribution is 9.10. The van der Waals surface area contributed by atoms with Crippen molar-refractivity contribution in [3.8, 4) is 11.3 Å². The molecule has 2 rings (SSSR count). The molecule has 0 spiro atoms. The van der Waals surface area contributed by atoms with Crippen molar-refractivity contribution in [2.75, 3.05) is 0 Å². The number of hydrogen-bond donors (Lipinski definition) is 0. The molecule has 0 aliphatic carbocycles. The first-order chi connectivity index (χ1) is 9.57. The summed E-state index contributed by atoms with van der Waals surface area (Å²) < 4.78 is 0.874. The minimum absolute atomic E-state index is 0.127. The quantitative estimate of drug-likeness (QED) is 0.568. The van der Waals surface area contributed by atoms with Gasteiger partial charge in [0, 0.05) is 5.56 Å². The van der Waals surface area contributed by atoms with E-state index in [4.69, 9.17) is 0 Å². The van der Waals surface area contributed by atoms with Crippen LogP contribution in [0.1, 0.15) is 52.7 Å². The fourth-order valence-corrected chi connectivity index (χ4v) is 2.55. The van der Waals surface area contributed by atoms with Gasteiger partial charge >= 0.3 is 0 Å². The van der Waals surface area contributed by atoms with E-state index in [1.807, 2.05) is 12.1 Å². The number of benzene rings is 1. The van der Waals surface area contributed by atoms with Gasteiger partial charge in [0.1, 0.15) is 4.60 Å². The Kier molecular flexibility index (Phi) is 4.30. The average molecular weight is 346 g/mol. The molecule has 0 amide bonds. The maximum atomic E-state index is 4.61. The van der Waals surface area contributed by atoms with Crippen molar-refractivity contribution in [2.24, 2.45) is 0 Å². The monoisotopic (exact) mass is 345 g/mol. The van der Waals surface area contributed by atoms with Crippen molar-refractivity contribution in [3.63, 3.8) is 0 Å². The molecule has 0 fully saturated rings. The lowest BCUT2D eigenvalue weighted by molar-refractivity contribution is 0.569. The van der Waals surface area contributed by atoms with Crippen LogP contribution in [0.25, 0.3) is 11.3 Å². The van der Waals surface area contributed by atoms with Gasteiger partial charge < -0.3 is 0 Å². The Morgan fingerprint density at radius 1 is 0.810 bits per heavy atom. The van der Waals surface area contributed by atoms with Gasteiger partial charge in [-0.25, -0.2) is 4.98 Å². The van der Waals surface area contributed by atoms with E-state index in [9.17, 15) is 0 Å². The van der Waals surface area contributed by atoms with Gasteiger partial charge in [0.15, 0.2) is 0 Å². The molecule has 2 aromatic rings. The molecule has 0 N–H and O–H groups in total. The van der Waals surface area contributed by atoms with Crippen LogP contribution < -0.4 is 0 Å². The van der Waals surface area contributed by atoms with Crippen LogP contribution in [0, 0.1) is 0 Å². The van der Waals surface area contributed by atoms with E-state index in [-0.39, 0.29) is 10.8 Å². The fraction of sp³-hybridized carbons (Fsp3) is 0.421. The van der Waals surface area contributed by atoms with Crippen LogP contribution in [-0.2, 0) is 10.8 Å².